The van der Waals surface area contributed by atoms with E-state index in [0.717, 1.165) is 5.56 Å². The number of aryl methyl sites for hydroxylation is 1. The summed E-state index contributed by atoms with van der Waals surface area (Å²) in [6.45, 7) is 1.70. The van der Waals surface area contributed by atoms with Crippen molar-refractivity contribution in [2.24, 2.45) is 0 Å². The van der Waals surface area contributed by atoms with Crippen molar-refractivity contribution in [3.63, 3.8) is 0 Å². The van der Waals surface area contributed by atoms with E-state index in [4.69, 9.17) is 9.15 Å². The molecule has 29 heavy (non-hydrogen) atoms. The largest absolute Gasteiger partial charge is 0.490 e. The van der Waals surface area contributed by atoms with E-state index >= 15 is 0 Å². The maximum absolute atomic E-state index is 12.5. The fraction of sp³-hybridized carbons (Fsp3) is 0.190. The lowest BCUT2D eigenvalue weighted by Gasteiger charge is -2.17. The number of nitrogens with one attached hydrogen (secondary N) is 2. The van der Waals surface area contributed by atoms with E-state index in [1.54, 1.807) is 19.3 Å². The van der Waals surface area contributed by atoms with Crippen LogP contribution in [-0.2, 0) is 4.79 Å². The third-order valence-corrected chi connectivity index (χ3v) is 4.42. The molecule has 1 atom stereocenters. The summed E-state index contributed by atoms with van der Waals surface area (Å²) in [6, 6.07) is 15.8. The molecule has 8 nitrogen and oxygen atoms in total. The van der Waals surface area contributed by atoms with E-state index in [0.29, 0.717) is 17.0 Å². The average Bonchev–Trinajstić information content (AvgIpc) is 3.24. The Morgan fingerprint density at radius 2 is 1.97 bits per heavy atom. The predicted molar refractivity (Wildman–Crippen MR) is 108 cm³/mol. The zero-order valence-corrected chi connectivity index (χ0v) is 16.0. The Morgan fingerprint density at radius 1 is 1.21 bits per heavy atom. The van der Waals surface area contributed by atoms with Gasteiger partial charge in [0.05, 0.1) is 30.9 Å². The molecule has 150 valence electrons. The fourth-order valence-electron chi connectivity index (χ4n) is 2.99. The summed E-state index contributed by atoms with van der Waals surface area (Å²) < 4.78 is 10.6. The predicted octanol–water partition coefficient (Wildman–Crippen LogP) is 3.82. The molecule has 1 aromatic heterocycles. The van der Waals surface area contributed by atoms with Gasteiger partial charge in [0.25, 0.3) is 0 Å². The molecule has 0 spiro atoms. The van der Waals surface area contributed by atoms with Crippen molar-refractivity contribution in [1.29, 1.82) is 0 Å². The van der Waals surface area contributed by atoms with Gasteiger partial charge in [0.15, 0.2) is 5.75 Å². The second-order valence-corrected chi connectivity index (χ2v) is 6.38. The quantitative estimate of drug-likeness (QED) is 0.444. The van der Waals surface area contributed by atoms with E-state index < -0.39 is 4.92 Å². The number of benzene rings is 2. The molecule has 2 aromatic carbocycles. The van der Waals surface area contributed by atoms with E-state index in [1.165, 1.54) is 19.2 Å². The topological polar surface area (TPSA) is 107 Å². The Labute approximate surface area is 167 Å². The van der Waals surface area contributed by atoms with Gasteiger partial charge >= 0.3 is 5.69 Å². The molecule has 3 aromatic rings. The molecular weight excluding hydrogens is 374 g/mol. The summed E-state index contributed by atoms with van der Waals surface area (Å²) in [5.74, 6) is 0.482. The van der Waals surface area contributed by atoms with Crippen LogP contribution >= 0.6 is 0 Å². The van der Waals surface area contributed by atoms with Crippen molar-refractivity contribution in [3.8, 4) is 5.75 Å². The molecule has 0 unspecified atom stereocenters. The summed E-state index contributed by atoms with van der Waals surface area (Å²) >= 11 is 0. The van der Waals surface area contributed by atoms with Crippen LogP contribution in [0.5, 0.6) is 5.75 Å². The number of carbonyl (C=O) groups excluding carboxylic acids is 1. The third-order valence-electron chi connectivity index (χ3n) is 4.42. The lowest BCUT2D eigenvalue weighted by Crippen LogP contribution is -2.31. The van der Waals surface area contributed by atoms with Gasteiger partial charge in [0, 0.05) is 17.8 Å². The number of ether oxygens (including phenoxy) is 1. The SMILES string of the molecule is COc1cc(NC(=O)CN[C@@H](c2ccccc2)c2ccco2)c(C)cc1[N+](=O)[O-]. The third kappa shape index (κ3) is 4.80. The lowest BCUT2D eigenvalue weighted by atomic mass is 10.0. The van der Waals surface area contributed by atoms with Gasteiger partial charge in [-0.15, -0.1) is 0 Å². The van der Waals surface area contributed by atoms with Gasteiger partial charge in [-0.25, -0.2) is 0 Å². The highest BCUT2D eigenvalue weighted by molar-refractivity contribution is 5.93. The van der Waals surface area contributed by atoms with Crippen LogP contribution in [0.2, 0.25) is 0 Å². The Balaban J connectivity index is 1.72. The fourth-order valence-corrected chi connectivity index (χ4v) is 2.99. The molecule has 2 N–H and O–H groups in total. The number of furan rings is 1. The van der Waals surface area contributed by atoms with Gasteiger partial charge in [0.1, 0.15) is 5.76 Å². The number of nitro benzene ring substituents is 1. The number of anilines is 1. The number of amides is 1. The first-order valence-corrected chi connectivity index (χ1v) is 8.94. The molecule has 0 aliphatic rings. The van der Waals surface area contributed by atoms with Gasteiger partial charge in [-0.1, -0.05) is 30.3 Å². The highest BCUT2D eigenvalue weighted by Crippen LogP contribution is 2.32. The molecule has 0 saturated heterocycles. The standard InChI is InChI=1S/C21H21N3O5/c1-14-11-17(24(26)27)19(28-2)12-16(14)23-20(25)13-22-21(18-9-6-10-29-18)15-7-4-3-5-8-15/h3-12,21-22H,13H2,1-2H3,(H,23,25)/t21-/m0/s1. The van der Waals surface area contributed by atoms with Crippen molar-refractivity contribution in [3.05, 3.63) is 87.9 Å². The molecule has 0 radical (unpaired) electrons. The number of methoxy groups -OCH3 is 1. The van der Waals surface area contributed by atoms with Crippen molar-refractivity contribution in [2.45, 2.75) is 13.0 Å². The molecule has 8 heteroatoms. The molecule has 0 saturated carbocycles. The van der Waals surface area contributed by atoms with E-state index in [1.807, 2.05) is 36.4 Å². The number of hydrogen-bond acceptors (Lipinski definition) is 6. The van der Waals surface area contributed by atoms with Crippen molar-refractivity contribution in [1.82, 2.24) is 5.32 Å². The van der Waals surface area contributed by atoms with E-state index in [9.17, 15) is 14.9 Å². The van der Waals surface area contributed by atoms with E-state index in [-0.39, 0.29) is 29.9 Å². The van der Waals surface area contributed by atoms with Gasteiger partial charge in [-0.05, 0) is 30.2 Å². The second-order valence-electron chi connectivity index (χ2n) is 6.38. The number of carbonyl (C=O) groups is 1. The van der Waals surface area contributed by atoms with Crippen LogP contribution in [0.1, 0.15) is 22.9 Å². The molecule has 0 aliphatic heterocycles. The van der Waals surface area contributed by atoms with Crippen LogP contribution < -0.4 is 15.4 Å². The Morgan fingerprint density at radius 3 is 2.59 bits per heavy atom. The maximum atomic E-state index is 12.5. The minimum absolute atomic E-state index is 0.0129. The molecule has 0 aliphatic carbocycles. The van der Waals surface area contributed by atoms with Crippen molar-refractivity contribution < 1.29 is 18.9 Å². The van der Waals surface area contributed by atoms with Crippen LogP contribution in [0.4, 0.5) is 11.4 Å². The van der Waals surface area contributed by atoms with Crippen molar-refractivity contribution >= 4 is 17.3 Å². The molecule has 1 heterocycles. The highest BCUT2D eigenvalue weighted by atomic mass is 16.6. The molecule has 0 bridgehead atoms. The zero-order valence-electron chi connectivity index (χ0n) is 16.0. The van der Waals surface area contributed by atoms with Crippen LogP contribution in [-0.4, -0.2) is 24.5 Å². The zero-order chi connectivity index (χ0) is 20.8. The first-order valence-electron chi connectivity index (χ1n) is 8.94. The van der Waals surface area contributed by atoms with Gasteiger partial charge in [-0.2, -0.15) is 0 Å². The number of nitro groups is 1. The molecule has 0 fully saturated rings. The Bertz CT molecular complexity index is 987. The summed E-state index contributed by atoms with van der Waals surface area (Å²) in [7, 11) is 1.35. The summed E-state index contributed by atoms with van der Waals surface area (Å²) in [4.78, 5) is 23.1. The lowest BCUT2D eigenvalue weighted by molar-refractivity contribution is -0.385. The number of hydrogen-bond donors (Lipinski definition) is 2. The van der Waals surface area contributed by atoms with Crippen LogP contribution in [0.15, 0.2) is 65.3 Å². The molecular formula is C21H21N3O5. The Hall–Kier alpha value is -3.65. The monoisotopic (exact) mass is 395 g/mol. The molecule has 3 rings (SSSR count). The normalized spacial score (nSPS) is 11.7. The first kappa shape index (κ1) is 20.1. The van der Waals surface area contributed by atoms with Crippen LogP contribution in [0.25, 0.3) is 0 Å². The summed E-state index contributed by atoms with van der Waals surface area (Å²) in [5, 5.41) is 17.1. The van der Waals surface area contributed by atoms with Gasteiger partial charge in [0.2, 0.25) is 5.91 Å². The Kier molecular flexibility index (Phi) is 6.25. The number of rotatable bonds is 8. The van der Waals surface area contributed by atoms with Gasteiger partial charge in [-0.3, -0.25) is 20.2 Å². The smallest absolute Gasteiger partial charge is 0.311 e. The van der Waals surface area contributed by atoms with Crippen molar-refractivity contribution in [2.75, 3.05) is 19.0 Å². The summed E-state index contributed by atoms with van der Waals surface area (Å²) in [6.07, 6.45) is 1.58. The van der Waals surface area contributed by atoms with E-state index in [2.05, 4.69) is 10.6 Å². The van der Waals surface area contributed by atoms with Gasteiger partial charge < -0.3 is 14.5 Å². The van der Waals surface area contributed by atoms with Crippen LogP contribution in [0, 0.1) is 17.0 Å². The minimum atomic E-state index is -0.521. The summed E-state index contributed by atoms with van der Waals surface area (Å²) in [5.41, 5.74) is 1.83. The maximum Gasteiger partial charge on any atom is 0.311 e. The highest BCUT2D eigenvalue weighted by Gasteiger charge is 2.20. The second kappa shape index (κ2) is 9.03. The molecule has 1 amide bonds. The number of nitrogens with zero attached hydrogens (tertiary/aromatic N) is 1. The average molecular weight is 395 g/mol. The minimum Gasteiger partial charge on any atom is -0.490 e. The first-order chi connectivity index (χ1) is 14.0. The van der Waals surface area contributed by atoms with Crippen LogP contribution in [0.3, 0.4) is 0 Å².